The molecule has 0 atom stereocenters. The molecule has 3 rings (SSSR count). The van der Waals surface area contributed by atoms with Crippen molar-refractivity contribution in [2.24, 2.45) is 11.3 Å². The Balaban J connectivity index is 1.65. The minimum Gasteiger partial charge on any atom is -0.477 e. The third-order valence-corrected chi connectivity index (χ3v) is 5.33. The van der Waals surface area contributed by atoms with Gasteiger partial charge in [0.2, 0.25) is 5.88 Å². The van der Waals surface area contributed by atoms with Crippen LogP contribution in [0.2, 0.25) is 0 Å². The first kappa shape index (κ1) is 17.2. The second kappa shape index (κ2) is 7.51. The molecule has 2 saturated heterocycles. The molecule has 1 N–H and O–H groups in total. The zero-order valence-corrected chi connectivity index (χ0v) is 14.9. The van der Waals surface area contributed by atoms with Crippen LogP contribution in [0.25, 0.3) is 0 Å². The highest BCUT2D eigenvalue weighted by molar-refractivity contribution is 5.96. The minimum absolute atomic E-state index is 0.0608. The van der Waals surface area contributed by atoms with Gasteiger partial charge in [-0.15, -0.1) is 0 Å². The second-order valence-corrected chi connectivity index (χ2v) is 7.60. The lowest BCUT2D eigenvalue weighted by Gasteiger charge is -2.44. The van der Waals surface area contributed by atoms with E-state index in [0.717, 1.165) is 39.0 Å². The molecule has 5 heteroatoms. The third kappa shape index (κ3) is 3.89. The summed E-state index contributed by atoms with van der Waals surface area (Å²) in [6.45, 7) is 8.68. The van der Waals surface area contributed by atoms with E-state index in [4.69, 9.17) is 4.74 Å². The number of aromatic nitrogens is 1. The summed E-state index contributed by atoms with van der Waals surface area (Å²) < 4.78 is 5.75. The number of amides is 1. The quantitative estimate of drug-likeness (QED) is 0.922. The van der Waals surface area contributed by atoms with Crippen LogP contribution >= 0.6 is 0 Å². The smallest absolute Gasteiger partial charge is 0.259 e. The van der Waals surface area contributed by atoms with Gasteiger partial charge in [-0.2, -0.15) is 0 Å². The number of likely N-dealkylation sites (tertiary alicyclic amines) is 1. The zero-order chi connectivity index (χ0) is 17.0. The van der Waals surface area contributed by atoms with Crippen LogP contribution in [0.3, 0.4) is 0 Å². The Labute approximate surface area is 144 Å². The van der Waals surface area contributed by atoms with Crippen LogP contribution in [0.5, 0.6) is 5.88 Å². The Morgan fingerprint density at radius 3 is 2.67 bits per heavy atom. The van der Waals surface area contributed by atoms with Crippen molar-refractivity contribution in [3.8, 4) is 5.88 Å². The van der Waals surface area contributed by atoms with E-state index in [1.807, 2.05) is 17.0 Å². The van der Waals surface area contributed by atoms with Crippen LogP contribution in [-0.4, -0.2) is 48.6 Å². The van der Waals surface area contributed by atoms with E-state index in [9.17, 15) is 4.79 Å². The van der Waals surface area contributed by atoms with Crippen molar-refractivity contribution in [3.05, 3.63) is 23.9 Å². The molecule has 0 aromatic carbocycles. The van der Waals surface area contributed by atoms with Crippen molar-refractivity contribution in [1.82, 2.24) is 15.2 Å². The van der Waals surface area contributed by atoms with Crippen LogP contribution in [0.4, 0.5) is 0 Å². The number of ether oxygens (including phenoxy) is 1. The highest BCUT2D eigenvalue weighted by Crippen LogP contribution is 2.39. The maximum atomic E-state index is 12.9. The minimum atomic E-state index is 0.0608. The molecule has 0 radical (unpaired) electrons. The summed E-state index contributed by atoms with van der Waals surface area (Å²) in [5, 5.41) is 3.44. The van der Waals surface area contributed by atoms with Gasteiger partial charge < -0.3 is 15.0 Å². The topological polar surface area (TPSA) is 54.5 Å². The van der Waals surface area contributed by atoms with Gasteiger partial charge in [-0.05, 0) is 62.2 Å². The van der Waals surface area contributed by atoms with Gasteiger partial charge in [-0.25, -0.2) is 4.98 Å². The molecular formula is C19H29N3O2. The standard InChI is InChI=1S/C19H29N3O2/c1-15(2)14-24-17-16(4-3-9-21-17)18(23)22-12-7-19(8-13-22)5-10-20-11-6-19/h3-4,9,15,20H,5-8,10-14H2,1-2H3. The molecule has 1 spiro atoms. The van der Waals surface area contributed by atoms with E-state index in [2.05, 4.69) is 24.1 Å². The number of hydrogen-bond acceptors (Lipinski definition) is 4. The number of nitrogens with zero attached hydrogens (tertiary/aromatic N) is 2. The highest BCUT2D eigenvalue weighted by Gasteiger charge is 2.37. The van der Waals surface area contributed by atoms with E-state index in [1.165, 1.54) is 12.8 Å². The van der Waals surface area contributed by atoms with Gasteiger partial charge in [0.15, 0.2) is 0 Å². The second-order valence-electron chi connectivity index (χ2n) is 7.60. The number of carbonyl (C=O) groups is 1. The summed E-state index contributed by atoms with van der Waals surface area (Å²) in [5.74, 6) is 0.939. The Morgan fingerprint density at radius 2 is 2.00 bits per heavy atom. The lowest BCUT2D eigenvalue weighted by Crippen LogP contribution is -2.47. The summed E-state index contributed by atoms with van der Waals surface area (Å²) in [7, 11) is 0. The molecule has 3 heterocycles. The SMILES string of the molecule is CC(C)COc1ncccc1C(=O)N1CCC2(CCNCC2)CC1. The van der Waals surface area contributed by atoms with Gasteiger partial charge in [0.05, 0.1) is 6.61 Å². The van der Waals surface area contributed by atoms with Crippen LogP contribution < -0.4 is 10.1 Å². The number of hydrogen-bond donors (Lipinski definition) is 1. The van der Waals surface area contributed by atoms with Gasteiger partial charge in [0.1, 0.15) is 5.56 Å². The molecule has 132 valence electrons. The van der Waals surface area contributed by atoms with Crippen LogP contribution in [0.15, 0.2) is 18.3 Å². The lowest BCUT2D eigenvalue weighted by molar-refractivity contribution is 0.0491. The molecule has 2 fully saturated rings. The molecule has 5 nitrogen and oxygen atoms in total. The van der Waals surface area contributed by atoms with E-state index in [0.29, 0.717) is 29.4 Å². The van der Waals surface area contributed by atoms with E-state index in [1.54, 1.807) is 6.20 Å². The molecule has 1 amide bonds. The van der Waals surface area contributed by atoms with E-state index in [-0.39, 0.29) is 5.91 Å². The largest absolute Gasteiger partial charge is 0.477 e. The van der Waals surface area contributed by atoms with Gasteiger partial charge in [-0.3, -0.25) is 4.79 Å². The monoisotopic (exact) mass is 331 g/mol. The fourth-order valence-corrected chi connectivity index (χ4v) is 3.73. The van der Waals surface area contributed by atoms with Crippen molar-refractivity contribution in [1.29, 1.82) is 0 Å². The normalized spacial score (nSPS) is 20.4. The van der Waals surface area contributed by atoms with Crippen molar-refractivity contribution in [2.75, 3.05) is 32.8 Å². The summed E-state index contributed by atoms with van der Waals surface area (Å²) in [5.41, 5.74) is 1.05. The molecule has 0 unspecified atom stereocenters. The Bertz CT molecular complexity index is 557. The average Bonchev–Trinajstić information content (AvgIpc) is 2.61. The summed E-state index contributed by atoms with van der Waals surface area (Å²) in [6, 6.07) is 3.65. The van der Waals surface area contributed by atoms with Crippen molar-refractivity contribution in [3.63, 3.8) is 0 Å². The Morgan fingerprint density at radius 1 is 1.29 bits per heavy atom. The first-order valence-electron chi connectivity index (χ1n) is 9.17. The lowest BCUT2D eigenvalue weighted by atomic mass is 9.71. The first-order valence-corrected chi connectivity index (χ1v) is 9.17. The summed E-state index contributed by atoms with van der Waals surface area (Å²) >= 11 is 0. The Kier molecular flexibility index (Phi) is 5.39. The Hall–Kier alpha value is -1.62. The van der Waals surface area contributed by atoms with E-state index >= 15 is 0 Å². The molecular weight excluding hydrogens is 302 g/mol. The molecule has 2 aliphatic heterocycles. The summed E-state index contributed by atoms with van der Waals surface area (Å²) in [6.07, 6.45) is 6.40. The van der Waals surface area contributed by atoms with Crippen molar-refractivity contribution >= 4 is 5.91 Å². The highest BCUT2D eigenvalue weighted by atomic mass is 16.5. The van der Waals surface area contributed by atoms with Gasteiger partial charge >= 0.3 is 0 Å². The first-order chi connectivity index (χ1) is 11.6. The number of pyridine rings is 1. The third-order valence-electron chi connectivity index (χ3n) is 5.33. The maximum Gasteiger partial charge on any atom is 0.259 e. The number of rotatable bonds is 4. The maximum absolute atomic E-state index is 12.9. The van der Waals surface area contributed by atoms with Crippen LogP contribution in [-0.2, 0) is 0 Å². The number of carbonyl (C=O) groups excluding carboxylic acids is 1. The number of piperidine rings is 2. The fraction of sp³-hybridized carbons (Fsp3) is 0.684. The zero-order valence-electron chi connectivity index (χ0n) is 14.9. The van der Waals surface area contributed by atoms with E-state index < -0.39 is 0 Å². The molecule has 0 saturated carbocycles. The molecule has 1 aromatic rings. The van der Waals surface area contributed by atoms with Crippen molar-refractivity contribution < 1.29 is 9.53 Å². The van der Waals surface area contributed by atoms with Crippen LogP contribution in [0, 0.1) is 11.3 Å². The molecule has 24 heavy (non-hydrogen) atoms. The molecule has 2 aliphatic rings. The predicted octanol–water partition coefficient (Wildman–Crippen LogP) is 2.72. The predicted molar refractivity (Wildman–Crippen MR) is 94.2 cm³/mol. The molecule has 1 aromatic heterocycles. The summed E-state index contributed by atoms with van der Waals surface area (Å²) in [4.78, 5) is 19.2. The fourth-order valence-electron chi connectivity index (χ4n) is 3.73. The molecule has 0 bridgehead atoms. The number of nitrogens with one attached hydrogen (secondary N) is 1. The van der Waals surface area contributed by atoms with Gasteiger partial charge in [0.25, 0.3) is 5.91 Å². The average molecular weight is 331 g/mol. The molecule has 0 aliphatic carbocycles. The van der Waals surface area contributed by atoms with Gasteiger partial charge in [0, 0.05) is 19.3 Å². The van der Waals surface area contributed by atoms with Gasteiger partial charge in [-0.1, -0.05) is 13.8 Å². The van der Waals surface area contributed by atoms with Crippen LogP contribution in [0.1, 0.15) is 49.9 Å². The van der Waals surface area contributed by atoms with Crippen molar-refractivity contribution in [2.45, 2.75) is 39.5 Å².